The Labute approximate surface area is 93.0 Å². The predicted molar refractivity (Wildman–Crippen MR) is 53.6 cm³/mol. The number of nitrogens with one attached hydrogen (secondary N) is 1. The lowest BCUT2D eigenvalue weighted by Crippen LogP contribution is -2.54. The fraction of sp³-hybridized carbons (Fsp3) is 0.778. The van der Waals surface area contributed by atoms with Gasteiger partial charge in [-0.25, -0.2) is 0 Å². The Hall–Kier alpha value is -1.02. The summed E-state index contributed by atoms with van der Waals surface area (Å²) in [6.07, 6.45) is -3.65. The van der Waals surface area contributed by atoms with Crippen molar-refractivity contribution in [3.63, 3.8) is 0 Å². The maximum atomic E-state index is 10.8. The van der Waals surface area contributed by atoms with Crippen molar-refractivity contribution >= 4 is 12.2 Å². The first-order valence-corrected chi connectivity index (χ1v) is 4.70. The molecule has 1 amide bonds. The minimum Gasteiger partial charge on any atom is -0.394 e. The second kappa shape index (κ2) is 7.29. The van der Waals surface area contributed by atoms with Gasteiger partial charge in [-0.05, 0) is 0 Å². The van der Waals surface area contributed by atoms with E-state index in [1.807, 2.05) is 0 Å². The number of ether oxygens (including phenoxy) is 1. The summed E-state index contributed by atoms with van der Waals surface area (Å²) >= 11 is 0. The van der Waals surface area contributed by atoms with Crippen molar-refractivity contribution in [2.45, 2.75) is 31.3 Å². The first-order chi connectivity index (χ1) is 7.47. The van der Waals surface area contributed by atoms with E-state index in [1.54, 1.807) is 0 Å². The molecule has 0 radical (unpaired) electrons. The molecule has 4 atom stereocenters. The molecular weight excluding hydrogens is 218 g/mol. The molecule has 0 saturated heterocycles. The van der Waals surface area contributed by atoms with Crippen LogP contribution < -0.4 is 5.32 Å². The molecule has 7 nitrogen and oxygen atoms in total. The third kappa shape index (κ3) is 4.23. The monoisotopic (exact) mass is 235 g/mol. The number of hydrogen-bond donors (Lipinski definition) is 4. The highest BCUT2D eigenvalue weighted by Gasteiger charge is 2.33. The van der Waals surface area contributed by atoms with Gasteiger partial charge in [-0.15, -0.1) is 0 Å². The fourth-order valence-electron chi connectivity index (χ4n) is 1.25. The van der Waals surface area contributed by atoms with Crippen LogP contribution in [0.5, 0.6) is 0 Å². The van der Waals surface area contributed by atoms with Crippen LogP contribution in [0.3, 0.4) is 0 Å². The largest absolute Gasteiger partial charge is 0.394 e. The number of hydrogen-bond acceptors (Lipinski definition) is 6. The normalized spacial score (nSPS) is 18.3. The quantitative estimate of drug-likeness (QED) is 0.360. The molecule has 0 aliphatic rings. The predicted octanol–water partition coefficient (Wildman–Crippen LogP) is -2.58. The van der Waals surface area contributed by atoms with E-state index in [1.165, 1.54) is 14.0 Å². The molecule has 0 aromatic rings. The fourth-order valence-corrected chi connectivity index (χ4v) is 1.25. The van der Waals surface area contributed by atoms with E-state index in [-0.39, 0.29) is 0 Å². The number of amides is 1. The van der Waals surface area contributed by atoms with Gasteiger partial charge in [0.15, 0.2) is 0 Å². The minimum absolute atomic E-state index is 0.392. The highest BCUT2D eigenvalue weighted by Crippen LogP contribution is 2.07. The smallest absolute Gasteiger partial charge is 0.217 e. The van der Waals surface area contributed by atoms with Crippen molar-refractivity contribution in [3.05, 3.63) is 0 Å². The Morgan fingerprint density at radius 2 is 2.06 bits per heavy atom. The molecule has 0 fully saturated rings. The van der Waals surface area contributed by atoms with Crippen molar-refractivity contribution < 1.29 is 29.6 Å². The van der Waals surface area contributed by atoms with E-state index in [9.17, 15) is 19.8 Å². The van der Waals surface area contributed by atoms with E-state index < -0.39 is 36.9 Å². The zero-order chi connectivity index (χ0) is 12.7. The third-order valence-electron chi connectivity index (χ3n) is 2.06. The van der Waals surface area contributed by atoms with Crippen LogP contribution in [0, 0.1) is 0 Å². The molecule has 0 aromatic heterocycles. The van der Waals surface area contributed by atoms with Crippen molar-refractivity contribution in [1.29, 1.82) is 0 Å². The Balaban J connectivity index is 4.65. The van der Waals surface area contributed by atoms with Crippen LogP contribution in [-0.2, 0) is 14.3 Å². The molecule has 0 heterocycles. The van der Waals surface area contributed by atoms with E-state index in [0.717, 1.165) is 0 Å². The first-order valence-electron chi connectivity index (χ1n) is 4.70. The van der Waals surface area contributed by atoms with Crippen LogP contribution in [0.2, 0.25) is 0 Å². The summed E-state index contributed by atoms with van der Waals surface area (Å²) in [5, 5.41) is 29.6. The van der Waals surface area contributed by atoms with E-state index in [2.05, 4.69) is 5.32 Å². The molecule has 0 saturated carbocycles. The molecule has 4 N–H and O–H groups in total. The van der Waals surface area contributed by atoms with Crippen LogP contribution >= 0.6 is 0 Å². The van der Waals surface area contributed by atoms with Gasteiger partial charge in [0.25, 0.3) is 0 Å². The van der Waals surface area contributed by atoms with Gasteiger partial charge in [0.05, 0.1) is 6.61 Å². The average molecular weight is 235 g/mol. The standard InChI is InChI=1S/C9H17NO6/c1-5(13)10-6(3-11)9(16-2)8(15)7(14)4-12/h3,6-9,12,14-15H,4H2,1-2H3,(H,10,13). The molecule has 0 aliphatic carbocycles. The molecule has 94 valence electrons. The van der Waals surface area contributed by atoms with Crippen LogP contribution in [0.25, 0.3) is 0 Å². The van der Waals surface area contributed by atoms with Crippen LogP contribution in [0.15, 0.2) is 0 Å². The summed E-state index contributed by atoms with van der Waals surface area (Å²) in [6.45, 7) is 0.532. The molecule has 4 unspecified atom stereocenters. The molecule has 0 spiro atoms. The van der Waals surface area contributed by atoms with Crippen molar-refractivity contribution in [2.75, 3.05) is 13.7 Å². The summed E-state index contributed by atoms with van der Waals surface area (Å²) in [7, 11) is 1.22. The van der Waals surface area contributed by atoms with Gasteiger partial charge in [0.2, 0.25) is 5.91 Å². The van der Waals surface area contributed by atoms with Crippen molar-refractivity contribution in [2.24, 2.45) is 0 Å². The molecule has 0 aliphatic heterocycles. The maximum absolute atomic E-state index is 10.8. The van der Waals surface area contributed by atoms with Crippen LogP contribution in [-0.4, -0.2) is 65.6 Å². The molecular formula is C9H17NO6. The Kier molecular flexibility index (Phi) is 6.82. The summed E-state index contributed by atoms with van der Waals surface area (Å²) in [5.41, 5.74) is 0. The highest BCUT2D eigenvalue weighted by atomic mass is 16.5. The summed E-state index contributed by atoms with van der Waals surface area (Å²) < 4.78 is 4.82. The summed E-state index contributed by atoms with van der Waals surface area (Å²) in [5.74, 6) is -0.468. The van der Waals surface area contributed by atoms with Gasteiger partial charge in [0.1, 0.15) is 30.6 Å². The van der Waals surface area contributed by atoms with E-state index >= 15 is 0 Å². The second-order valence-electron chi connectivity index (χ2n) is 3.30. The van der Waals surface area contributed by atoms with Crippen LogP contribution in [0.1, 0.15) is 6.92 Å². The van der Waals surface area contributed by atoms with Gasteiger partial charge in [-0.3, -0.25) is 4.79 Å². The Morgan fingerprint density at radius 1 is 1.50 bits per heavy atom. The summed E-state index contributed by atoms with van der Waals surface area (Å²) in [6, 6.07) is -1.08. The number of methoxy groups -OCH3 is 1. The number of carbonyl (C=O) groups is 2. The number of aliphatic hydroxyl groups is 3. The van der Waals surface area contributed by atoms with Crippen molar-refractivity contribution in [3.8, 4) is 0 Å². The molecule has 0 rings (SSSR count). The van der Waals surface area contributed by atoms with E-state index in [0.29, 0.717) is 6.29 Å². The molecule has 7 heteroatoms. The molecule has 0 aromatic carbocycles. The van der Waals surface area contributed by atoms with Crippen molar-refractivity contribution in [1.82, 2.24) is 5.32 Å². The first kappa shape index (κ1) is 15.0. The molecule has 16 heavy (non-hydrogen) atoms. The number of aldehydes is 1. The summed E-state index contributed by atoms with van der Waals surface area (Å²) in [4.78, 5) is 21.5. The highest BCUT2D eigenvalue weighted by molar-refractivity contribution is 5.77. The lowest BCUT2D eigenvalue weighted by atomic mass is 10.0. The average Bonchev–Trinajstić information content (AvgIpc) is 2.26. The third-order valence-corrected chi connectivity index (χ3v) is 2.06. The number of aliphatic hydroxyl groups excluding tert-OH is 3. The maximum Gasteiger partial charge on any atom is 0.217 e. The van der Waals surface area contributed by atoms with Gasteiger partial charge in [-0.2, -0.15) is 0 Å². The van der Waals surface area contributed by atoms with Gasteiger partial charge >= 0.3 is 0 Å². The lowest BCUT2D eigenvalue weighted by Gasteiger charge is -2.28. The second-order valence-corrected chi connectivity index (χ2v) is 3.30. The number of carbonyl (C=O) groups excluding carboxylic acids is 2. The van der Waals surface area contributed by atoms with Gasteiger partial charge in [0, 0.05) is 14.0 Å². The van der Waals surface area contributed by atoms with Crippen LogP contribution in [0.4, 0.5) is 0 Å². The zero-order valence-corrected chi connectivity index (χ0v) is 9.16. The Bertz CT molecular complexity index is 234. The topological polar surface area (TPSA) is 116 Å². The van der Waals surface area contributed by atoms with E-state index in [4.69, 9.17) is 9.84 Å². The van der Waals surface area contributed by atoms with Gasteiger partial charge in [-0.1, -0.05) is 0 Å². The molecule has 0 bridgehead atoms. The SMILES string of the molecule is COC(C(C=O)NC(C)=O)C(O)C(O)CO. The minimum atomic E-state index is -1.47. The Morgan fingerprint density at radius 3 is 2.38 bits per heavy atom. The lowest BCUT2D eigenvalue weighted by molar-refractivity contribution is -0.132. The zero-order valence-electron chi connectivity index (χ0n) is 9.16. The number of rotatable bonds is 7. The van der Waals surface area contributed by atoms with Gasteiger partial charge < -0.3 is 30.2 Å².